The molecule has 0 aliphatic carbocycles. The van der Waals surface area contributed by atoms with E-state index in [0.29, 0.717) is 18.8 Å². The number of nitrogens with two attached hydrogens (primary N) is 2. The Hall–Kier alpha value is -3.11. The summed E-state index contributed by atoms with van der Waals surface area (Å²) in [6.45, 7) is 0. The smallest absolute Gasteiger partial charge is 0.417 e. The van der Waals surface area contributed by atoms with Crippen molar-refractivity contribution in [3.63, 3.8) is 0 Å². The van der Waals surface area contributed by atoms with Crippen molar-refractivity contribution >= 4 is 17.7 Å². The normalized spacial score (nSPS) is 23.8. The molecule has 1 amide bonds. The van der Waals surface area contributed by atoms with Gasteiger partial charge in [0.15, 0.2) is 0 Å². The van der Waals surface area contributed by atoms with E-state index in [1.807, 2.05) is 4.90 Å². The van der Waals surface area contributed by atoms with Gasteiger partial charge < -0.3 is 21.1 Å². The number of piperidine rings is 1. The van der Waals surface area contributed by atoms with Gasteiger partial charge in [0.2, 0.25) is 11.8 Å². The second-order valence-electron chi connectivity index (χ2n) is 7.23. The van der Waals surface area contributed by atoms with Crippen LogP contribution in [-0.4, -0.2) is 39.0 Å². The van der Waals surface area contributed by atoms with Crippen LogP contribution in [0.4, 0.5) is 24.9 Å². The molecule has 154 valence electrons. The summed E-state index contributed by atoms with van der Waals surface area (Å²) in [4.78, 5) is 25.8. The molecule has 11 heteroatoms. The number of nitrogen functional groups attached to an aromatic ring is 1. The van der Waals surface area contributed by atoms with Gasteiger partial charge in [0.05, 0.1) is 5.56 Å². The van der Waals surface area contributed by atoms with E-state index in [9.17, 15) is 18.0 Å². The fourth-order valence-electron chi connectivity index (χ4n) is 4.03. The minimum absolute atomic E-state index is 0.0548. The second-order valence-corrected chi connectivity index (χ2v) is 7.23. The quantitative estimate of drug-likeness (QED) is 0.795. The Kier molecular flexibility index (Phi) is 4.67. The van der Waals surface area contributed by atoms with E-state index < -0.39 is 17.6 Å². The predicted octanol–water partition coefficient (Wildman–Crippen LogP) is 2.15. The molecule has 4 N–H and O–H groups in total. The van der Waals surface area contributed by atoms with Gasteiger partial charge in [0.1, 0.15) is 17.6 Å². The lowest BCUT2D eigenvalue weighted by Crippen LogP contribution is -2.47. The SMILES string of the molecule is NC(=O)c1cc(N)nc(N2C3CCC2CC(Oc2ccc(C(F)(F)F)cn2)C3)n1. The molecular formula is C18H19F3N6O2. The molecule has 29 heavy (non-hydrogen) atoms. The second kappa shape index (κ2) is 7.05. The average Bonchev–Trinajstić information content (AvgIpc) is 2.92. The number of pyridine rings is 1. The number of alkyl halides is 3. The Morgan fingerprint density at radius 1 is 1.17 bits per heavy atom. The van der Waals surface area contributed by atoms with Gasteiger partial charge in [-0.2, -0.15) is 18.2 Å². The molecule has 2 fully saturated rings. The zero-order valence-electron chi connectivity index (χ0n) is 15.3. The van der Waals surface area contributed by atoms with Gasteiger partial charge in [-0.15, -0.1) is 0 Å². The highest BCUT2D eigenvalue weighted by molar-refractivity contribution is 5.91. The third kappa shape index (κ3) is 3.89. The molecular weight excluding hydrogens is 389 g/mol. The van der Waals surface area contributed by atoms with Crippen molar-refractivity contribution in [2.45, 2.75) is 50.0 Å². The van der Waals surface area contributed by atoms with Gasteiger partial charge in [-0.25, -0.2) is 9.97 Å². The molecule has 2 atom stereocenters. The number of amides is 1. The van der Waals surface area contributed by atoms with Crippen molar-refractivity contribution in [3.8, 4) is 5.88 Å². The molecule has 2 aliphatic rings. The lowest BCUT2D eigenvalue weighted by molar-refractivity contribution is -0.137. The first kappa shape index (κ1) is 19.2. The van der Waals surface area contributed by atoms with Gasteiger partial charge in [-0.1, -0.05) is 0 Å². The molecule has 0 spiro atoms. The molecule has 4 rings (SSSR count). The average molecular weight is 408 g/mol. The highest BCUT2D eigenvalue weighted by Gasteiger charge is 2.43. The lowest BCUT2D eigenvalue weighted by atomic mass is 10.00. The number of rotatable bonds is 4. The topological polar surface area (TPSA) is 120 Å². The standard InChI is InChI=1S/C18H19F3N6O2/c19-18(20,21)9-1-4-15(24-8-9)29-12-5-10-2-3-11(6-12)27(10)17-25-13(16(23)28)7-14(22)26-17/h1,4,7-8,10-12H,2-3,5-6H2,(H2,23,28)(H2,22,25,26). The summed E-state index contributed by atoms with van der Waals surface area (Å²) in [6.07, 6.45) is -0.830. The van der Waals surface area contributed by atoms with E-state index in [2.05, 4.69) is 15.0 Å². The maximum atomic E-state index is 12.7. The summed E-state index contributed by atoms with van der Waals surface area (Å²) in [7, 11) is 0. The molecule has 2 aromatic heterocycles. The molecule has 0 aromatic carbocycles. The van der Waals surface area contributed by atoms with E-state index in [0.717, 1.165) is 25.1 Å². The van der Waals surface area contributed by atoms with Crippen LogP contribution in [0.5, 0.6) is 5.88 Å². The van der Waals surface area contributed by atoms with Crippen molar-refractivity contribution in [2.24, 2.45) is 5.73 Å². The van der Waals surface area contributed by atoms with E-state index in [-0.39, 0.29) is 35.6 Å². The fourth-order valence-corrected chi connectivity index (χ4v) is 4.03. The summed E-state index contributed by atoms with van der Waals surface area (Å²) >= 11 is 0. The zero-order valence-corrected chi connectivity index (χ0v) is 15.3. The minimum Gasteiger partial charge on any atom is -0.474 e. The van der Waals surface area contributed by atoms with Gasteiger partial charge in [0, 0.05) is 43.3 Å². The van der Waals surface area contributed by atoms with Crippen LogP contribution >= 0.6 is 0 Å². The number of primary amides is 1. The predicted molar refractivity (Wildman–Crippen MR) is 97.1 cm³/mol. The minimum atomic E-state index is -4.43. The Morgan fingerprint density at radius 3 is 2.41 bits per heavy atom. The summed E-state index contributed by atoms with van der Waals surface area (Å²) in [5, 5.41) is 0. The van der Waals surface area contributed by atoms with Crippen LogP contribution in [0.1, 0.15) is 41.7 Å². The fraction of sp³-hybridized carbons (Fsp3) is 0.444. The van der Waals surface area contributed by atoms with E-state index in [4.69, 9.17) is 16.2 Å². The highest BCUT2D eigenvalue weighted by Crippen LogP contribution is 2.39. The molecule has 2 aromatic rings. The molecule has 8 nitrogen and oxygen atoms in total. The molecule has 0 radical (unpaired) electrons. The zero-order chi connectivity index (χ0) is 20.8. The Labute approximate surface area is 164 Å². The van der Waals surface area contributed by atoms with Gasteiger partial charge >= 0.3 is 6.18 Å². The summed E-state index contributed by atoms with van der Waals surface area (Å²) in [5.41, 5.74) is 10.3. The number of carbonyl (C=O) groups excluding carboxylic acids is 1. The Bertz CT molecular complexity index is 907. The largest absolute Gasteiger partial charge is 0.474 e. The molecule has 4 heterocycles. The molecule has 2 unspecified atom stereocenters. The van der Waals surface area contributed by atoms with Gasteiger partial charge in [0.25, 0.3) is 5.91 Å². The van der Waals surface area contributed by atoms with E-state index in [1.165, 1.54) is 12.1 Å². The number of ether oxygens (including phenoxy) is 1. The van der Waals surface area contributed by atoms with E-state index >= 15 is 0 Å². The van der Waals surface area contributed by atoms with Gasteiger partial charge in [-0.3, -0.25) is 4.79 Å². The van der Waals surface area contributed by atoms with Gasteiger partial charge in [-0.05, 0) is 18.9 Å². The summed E-state index contributed by atoms with van der Waals surface area (Å²) < 4.78 is 43.8. The Balaban J connectivity index is 1.48. The van der Waals surface area contributed by atoms with Crippen LogP contribution in [0, 0.1) is 0 Å². The number of aromatic nitrogens is 3. The number of nitrogens with zero attached hydrogens (tertiary/aromatic N) is 4. The highest BCUT2D eigenvalue weighted by atomic mass is 19.4. The summed E-state index contributed by atoms with van der Waals surface area (Å²) in [6, 6.07) is 3.65. The maximum Gasteiger partial charge on any atom is 0.417 e. The molecule has 0 saturated carbocycles. The first-order valence-corrected chi connectivity index (χ1v) is 9.13. The van der Waals surface area contributed by atoms with Crippen LogP contribution in [0.15, 0.2) is 24.4 Å². The monoisotopic (exact) mass is 408 g/mol. The van der Waals surface area contributed by atoms with Crippen LogP contribution in [0.2, 0.25) is 0 Å². The lowest BCUT2D eigenvalue weighted by Gasteiger charge is -2.38. The maximum absolute atomic E-state index is 12.7. The van der Waals surface area contributed by atoms with Crippen molar-refractivity contribution < 1.29 is 22.7 Å². The van der Waals surface area contributed by atoms with Crippen LogP contribution in [0.25, 0.3) is 0 Å². The number of hydrogen-bond donors (Lipinski definition) is 2. The van der Waals surface area contributed by atoms with Crippen molar-refractivity contribution in [1.29, 1.82) is 0 Å². The van der Waals surface area contributed by atoms with Crippen molar-refractivity contribution in [3.05, 3.63) is 35.7 Å². The van der Waals surface area contributed by atoms with Crippen molar-refractivity contribution in [1.82, 2.24) is 15.0 Å². The first-order chi connectivity index (χ1) is 13.7. The van der Waals surface area contributed by atoms with Crippen LogP contribution in [-0.2, 0) is 6.18 Å². The van der Waals surface area contributed by atoms with Crippen molar-refractivity contribution in [2.75, 3.05) is 10.6 Å². The number of anilines is 2. The number of fused-ring (bicyclic) bond motifs is 2. The molecule has 2 bridgehead atoms. The van der Waals surface area contributed by atoms with Crippen LogP contribution in [0.3, 0.4) is 0 Å². The number of hydrogen-bond acceptors (Lipinski definition) is 7. The summed E-state index contributed by atoms with van der Waals surface area (Å²) in [5.74, 6) is -0.000650. The third-order valence-electron chi connectivity index (χ3n) is 5.26. The Morgan fingerprint density at radius 2 is 1.86 bits per heavy atom. The van der Waals surface area contributed by atoms with E-state index in [1.54, 1.807) is 0 Å². The number of carbonyl (C=O) groups is 1. The number of halogens is 3. The van der Waals surface area contributed by atoms with Crippen LogP contribution < -0.4 is 21.1 Å². The third-order valence-corrected chi connectivity index (χ3v) is 5.26. The molecule has 2 aliphatic heterocycles. The molecule has 2 saturated heterocycles. The first-order valence-electron chi connectivity index (χ1n) is 9.13.